The summed E-state index contributed by atoms with van der Waals surface area (Å²) in [5.41, 5.74) is 3.21. The van der Waals surface area contributed by atoms with Crippen molar-refractivity contribution >= 4 is 18.6 Å². The molecule has 2 heteroatoms. The summed E-state index contributed by atoms with van der Waals surface area (Å²) in [6.07, 6.45) is 2.78. The third-order valence-corrected chi connectivity index (χ3v) is 1.96. The molecule has 0 aromatic heterocycles. The highest BCUT2D eigenvalue weighted by Gasteiger charge is 2.02. The zero-order valence-corrected chi connectivity index (χ0v) is 8.12. The quantitative estimate of drug-likeness (QED) is 0.629. The Morgan fingerprint density at radius 1 is 1.46 bits per heavy atom. The lowest BCUT2D eigenvalue weighted by Gasteiger charge is -2.04. The molecule has 1 aromatic carbocycles. The van der Waals surface area contributed by atoms with Crippen LogP contribution in [0.4, 0.5) is 5.69 Å². The van der Waals surface area contributed by atoms with Crippen LogP contribution >= 0.6 is 0 Å². The number of hydrogen-bond donors (Lipinski definition) is 0. The molecule has 0 saturated carbocycles. The highest BCUT2D eigenvalue weighted by molar-refractivity contribution is 5.88. The molecule has 0 aliphatic heterocycles. The Hall–Kier alpha value is -1.44. The molecule has 0 unspecified atom stereocenters. The molecule has 68 valence electrons. The van der Waals surface area contributed by atoms with Gasteiger partial charge in [0.25, 0.3) is 0 Å². The Kier molecular flexibility index (Phi) is 3.38. The van der Waals surface area contributed by atoms with E-state index in [9.17, 15) is 0 Å². The van der Waals surface area contributed by atoms with E-state index in [-0.39, 0.29) is 0 Å². The van der Waals surface area contributed by atoms with Crippen LogP contribution in [0.15, 0.2) is 28.2 Å². The smallest absolute Gasteiger partial charge is 0.0741 e. The lowest BCUT2D eigenvalue weighted by atomic mass is 10.1. The highest BCUT2D eigenvalue weighted by atomic mass is 14.7. The van der Waals surface area contributed by atoms with Gasteiger partial charge in [0.1, 0.15) is 0 Å². The molecule has 2 nitrogen and oxygen atoms in total. The topological polar surface area (TPSA) is 24.7 Å². The van der Waals surface area contributed by atoms with Gasteiger partial charge in [-0.25, -0.2) is 0 Å². The van der Waals surface area contributed by atoms with Gasteiger partial charge in [0.05, 0.1) is 5.69 Å². The molecule has 0 spiro atoms. The van der Waals surface area contributed by atoms with Crippen molar-refractivity contribution in [3.8, 4) is 0 Å². The van der Waals surface area contributed by atoms with Crippen molar-refractivity contribution in [3.05, 3.63) is 29.3 Å². The van der Waals surface area contributed by atoms with Gasteiger partial charge < -0.3 is 0 Å². The molecule has 0 saturated heterocycles. The average molecular weight is 174 g/mol. The van der Waals surface area contributed by atoms with E-state index in [1.165, 1.54) is 5.56 Å². The largest absolute Gasteiger partial charge is 0.296 e. The van der Waals surface area contributed by atoms with E-state index < -0.39 is 0 Å². The van der Waals surface area contributed by atoms with Crippen molar-refractivity contribution < 1.29 is 0 Å². The monoisotopic (exact) mass is 174 g/mol. The molecule has 0 radical (unpaired) electrons. The van der Waals surface area contributed by atoms with Crippen molar-refractivity contribution in [1.82, 2.24) is 0 Å². The van der Waals surface area contributed by atoms with Gasteiger partial charge in [-0.15, -0.1) is 0 Å². The van der Waals surface area contributed by atoms with Crippen LogP contribution in [0.2, 0.25) is 0 Å². The minimum atomic E-state index is 0.954. The van der Waals surface area contributed by atoms with E-state index in [1.54, 1.807) is 7.05 Å². The van der Waals surface area contributed by atoms with Crippen molar-refractivity contribution in [3.63, 3.8) is 0 Å². The first kappa shape index (κ1) is 9.65. The number of aryl methyl sites for hydroxylation is 1. The second kappa shape index (κ2) is 4.55. The van der Waals surface area contributed by atoms with Crippen molar-refractivity contribution in [2.45, 2.75) is 13.3 Å². The van der Waals surface area contributed by atoms with E-state index in [0.29, 0.717) is 0 Å². The molecule has 0 fully saturated rings. The fourth-order valence-electron chi connectivity index (χ4n) is 1.33. The second-order valence-electron chi connectivity index (χ2n) is 2.75. The number of nitrogens with zero attached hydrogens (tertiary/aromatic N) is 2. The van der Waals surface area contributed by atoms with Crippen molar-refractivity contribution in [2.24, 2.45) is 9.98 Å². The van der Waals surface area contributed by atoms with Gasteiger partial charge in [-0.05, 0) is 18.7 Å². The first-order chi connectivity index (χ1) is 6.33. The van der Waals surface area contributed by atoms with E-state index in [2.05, 4.69) is 29.7 Å². The Balaban J connectivity index is 3.26. The van der Waals surface area contributed by atoms with E-state index >= 15 is 0 Å². The summed E-state index contributed by atoms with van der Waals surface area (Å²) in [7, 11) is 1.76. The minimum absolute atomic E-state index is 0.954. The highest BCUT2D eigenvalue weighted by Crippen LogP contribution is 2.22. The molecule has 0 heterocycles. The maximum absolute atomic E-state index is 4.02. The molecule has 0 bridgehead atoms. The maximum Gasteiger partial charge on any atom is 0.0741 e. The maximum atomic E-state index is 4.02. The fourth-order valence-corrected chi connectivity index (χ4v) is 1.33. The summed E-state index contributed by atoms with van der Waals surface area (Å²) in [5.74, 6) is 0. The van der Waals surface area contributed by atoms with Gasteiger partial charge in [0, 0.05) is 18.8 Å². The average Bonchev–Trinajstić information content (AvgIpc) is 2.18. The lowest BCUT2D eigenvalue weighted by molar-refractivity contribution is 1.13. The van der Waals surface area contributed by atoms with Crippen molar-refractivity contribution in [2.75, 3.05) is 7.05 Å². The van der Waals surface area contributed by atoms with E-state index in [1.807, 2.05) is 18.3 Å². The summed E-state index contributed by atoms with van der Waals surface area (Å²) in [6, 6.07) is 6.08. The third-order valence-electron chi connectivity index (χ3n) is 1.96. The van der Waals surface area contributed by atoms with Crippen LogP contribution in [0.25, 0.3) is 0 Å². The molecule has 0 aliphatic carbocycles. The van der Waals surface area contributed by atoms with Gasteiger partial charge >= 0.3 is 0 Å². The Bertz CT molecular complexity index is 327. The standard InChI is InChI=1S/C11H14N2/c1-4-9-6-5-7-10(8-12-2)11(9)13-3/h5-8H,3-4H2,1-2H3/b12-8-. The molecule has 0 N–H and O–H groups in total. The minimum Gasteiger partial charge on any atom is -0.296 e. The van der Waals surface area contributed by atoms with Gasteiger partial charge in [-0.1, -0.05) is 25.1 Å². The lowest BCUT2D eigenvalue weighted by Crippen LogP contribution is -1.88. The van der Waals surface area contributed by atoms with Gasteiger partial charge in [-0.3, -0.25) is 9.98 Å². The second-order valence-corrected chi connectivity index (χ2v) is 2.75. The summed E-state index contributed by atoms with van der Waals surface area (Å²) in [6.45, 7) is 5.68. The summed E-state index contributed by atoms with van der Waals surface area (Å²) >= 11 is 0. The van der Waals surface area contributed by atoms with Gasteiger partial charge in [0.15, 0.2) is 0 Å². The Morgan fingerprint density at radius 3 is 2.77 bits per heavy atom. The van der Waals surface area contributed by atoms with Crippen LogP contribution in [-0.2, 0) is 6.42 Å². The van der Waals surface area contributed by atoms with Crippen LogP contribution in [0.3, 0.4) is 0 Å². The molecule has 0 atom stereocenters. The SMILES string of the molecule is C=Nc1c(/C=N\C)cccc1CC. The van der Waals surface area contributed by atoms with Crippen molar-refractivity contribution in [1.29, 1.82) is 0 Å². The molecule has 0 aliphatic rings. The number of rotatable bonds is 3. The number of aliphatic imine (C=N–C) groups is 2. The first-order valence-electron chi connectivity index (χ1n) is 4.34. The van der Waals surface area contributed by atoms with Crippen LogP contribution in [-0.4, -0.2) is 20.0 Å². The number of para-hydroxylation sites is 1. The predicted octanol–water partition coefficient (Wildman–Crippen LogP) is 2.63. The van der Waals surface area contributed by atoms with Crippen LogP contribution in [0, 0.1) is 0 Å². The van der Waals surface area contributed by atoms with Gasteiger partial charge in [-0.2, -0.15) is 0 Å². The van der Waals surface area contributed by atoms with Gasteiger partial charge in [0.2, 0.25) is 0 Å². The molecule has 1 aromatic rings. The molecular formula is C11H14N2. The molecular weight excluding hydrogens is 160 g/mol. The van der Waals surface area contributed by atoms with E-state index in [4.69, 9.17) is 0 Å². The molecule has 1 rings (SSSR count). The van der Waals surface area contributed by atoms with E-state index in [0.717, 1.165) is 17.7 Å². The normalized spacial score (nSPS) is 10.6. The predicted molar refractivity (Wildman–Crippen MR) is 58.5 cm³/mol. The number of benzene rings is 1. The van der Waals surface area contributed by atoms with Crippen LogP contribution in [0.5, 0.6) is 0 Å². The molecule has 0 amide bonds. The van der Waals surface area contributed by atoms with Crippen LogP contribution < -0.4 is 0 Å². The third kappa shape index (κ3) is 2.02. The zero-order valence-electron chi connectivity index (χ0n) is 8.12. The summed E-state index contributed by atoms with van der Waals surface area (Å²) in [4.78, 5) is 8.00. The fraction of sp³-hybridized carbons (Fsp3) is 0.273. The zero-order chi connectivity index (χ0) is 9.68. The number of hydrogen-bond acceptors (Lipinski definition) is 2. The van der Waals surface area contributed by atoms with Crippen LogP contribution in [0.1, 0.15) is 18.1 Å². The summed E-state index contributed by atoms with van der Waals surface area (Å²) in [5, 5.41) is 0. The Morgan fingerprint density at radius 2 is 2.23 bits per heavy atom. The summed E-state index contributed by atoms with van der Waals surface area (Å²) < 4.78 is 0. The molecule has 13 heavy (non-hydrogen) atoms. The first-order valence-corrected chi connectivity index (χ1v) is 4.34. The Labute approximate surface area is 79.0 Å².